The van der Waals surface area contributed by atoms with Crippen LogP contribution in [-0.4, -0.2) is 136 Å². The molecule has 0 aliphatic heterocycles. The van der Waals surface area contributed by atoms with Crippen molar-refractivity contribution in [1.29, 1.82) is 0 Å². The molecule has 41 heavy (non-hydrogen) atoms. The zero-order valence-corrected chi connectivity index (χ0v) is 25.8. The lowest BCUT2D eigenvalue weighted by Crippen LogP contribution is -2.42. The molecule has 0 bridgehead atoms. The maximum absolute atomic E-state index is 13.1. The predicted octanol–water partition coefficient (Wildman–Crippen LogP) is -1.45. The molecular weight excluding hydrogens is 554 g/mol. The Balaban J connectivity index is 5.45. The summed E-state index contributed by atoms with van der Waals surface area (Å²) >= 11 is 1.50. The van der Waals surface area contributed by atoms with Crippen LogP contribution in [0.4, 0.5) is 0 Å². The van der Waals surface area contributed by atoms with Gasteiger partial charge < -0.3 is 36.0 Å². The highest BCUT2D eigenvalue weighted by molar-refractivity contribution is 7.98. The van der Waals surface area contributed by atoms with Gasteiger partial charge in [-0.2, -0.15) is 11.8 Å². The Hall–Kier alpha value is -3.36. The quantitative estimate of drug-likeness (QED) is 0.123. The Morgan fingerprint density at radius 3 is 0.927 bits per heavy atom. The van der Waals surface area contributed by atoms with Crippen LogP contribution >= 0.6 is 11.8 Å². The first kappa shape index (κ1) is 37.6. The number of nitrogens with zero attached hydrogens (tertiary/aromatic N) is 3. The molecule has 0 spiro atoms. The topological polar surface area (TPSA) is 177 Å². The van der Waals surface area contributed by atoms with Gasteiger partial charge in [0.05, 0.1) is 0 Å². The molecule has 0 saturated carbocycles. The molecule has 0 heterocycles. The van der Waals surface area contributed by atoms with E-state index in [-0.39, 0.29) is 126 Å². The van der Waals surface area contributed by atoms with E-state index in [2.05, 4.69) is 21.3 Å². The third-order valence-corrected chi connectivity index (χ3v) is 6.93. The molecule has 234 valence electrons. The van der Waals surface area contributed by atoms with Gasteiger partial charge in [-0.1, -0.05) is 0 Å². The molecule has 0 radical (unpaired) electrons. The molecule has 0 unspecified atom stereocenters. The first-order valence-electron chi connectivity index (χ1n) is 13.7. The van der Waals surface area contributed by atoms with E-state index < -0.39 is 0 Å². The minimum Gasteiger partial charge on any atom is -0.359 e. The molecule has 0 fully saturated rings. The van der Waals surface area contributed by atoms with Gasteiger partial charge in [0.15, 0.2) is 0 Å². The standard InChI is InChI=1S/C26H47N7O7S/c1-27-20(34)6-13-31(14-7-21(35)28-2)24(38)10-17-33(26(40)12-19-41-5)18-11-25(39)32(15-8-22(36)29-3)16-9-23(37)30-4/h6-19H2,1-5H3,(H,27,34)(H,28,35)(H,29,36)(H,30,37). The lowest BCUT2D eigenvalue weighted by Gasteiger charge is -2.27. The largest absolute Gasteiger partial charge is 0.359 e. The van der Waals surface area contributed by atoms with E-state index in [1.165, 1.54) is 54.7 Å². The highest BCUT2D eigenvalue weighted by Crippen LogP contribution is 2.08. The number of amides is 7. The van der Waals surface area contributed by atoms with Crippen molar-refractivity contribution in [2.45, 2.75) is 44.9 Å². The van der Waals surface area contributed by atoms with Crippen LogP contribution in [0.2, 0.25) is 0 Å². The monoisotopic (exact) mass is 601 g/mol. The van der Waals surface area contributed by atoms with Crippen LogP contribution in [0, 0.1) is 0 Å². The van der Waals surface area contributed by atoms with Gasteiger partial charge in [0.2, 0.25) is 41.4 Å². The Bertz CT molecular complexity index is 788. The SMILES string of the molecule is CNC(=O)CCN(CCC(=O)NC)C(=O)CCN(CCC(=O)N(CCC(=O)NC)CCC(=O)NC)C(=O)CCSC. The summed E-state index contributed by atoms with van der Waals surface area (Å²) in [5.41, 5.74) is 0. The molecule has 0 aromatic heterocycles. The van der Waals surface area contributed by atoms with E-state index in [1.807, 2.05) is 6.26 Å². The van der Waals surface area contributed by atoms with Crippen molar-refractivity contribution in [3.8, 4) is 0 Å². The molecule has 0 aliphatic carbocycles. The molecule has 0 aliphatic rings. The average molecular weight is 602 g/mol. The number of nitrogens with one attached hydrogen (secondary N) is 4. The molecule has 15 heteroatoms. The Labute approximate surface area is 247 Å². The van der Waals surface area contributed by atoms with Crippen LogP contribution in [0.3, 0.4) is 0 Å². The van der Waals surface area contributed by atoms with Gasteiger partial charge in [0, 0.05) is 118 Å². The Morgan fingerprint density at radius 1 is 0.439 bits per heavy atom. The van der Waals surface area contributed by atoms with E-state index in [4.69, 9.17) is 0 Å². The van der Waals surface area contributed by atoms with Crippen molar-refractivity contribution in [1.82, 2.24) is 36.0 Å². The molecule has 7 amide bonds. The third kappa shape index (κ3) is 17.1. The molecule has 0 atom stereocenters. The molecule has 0 rings (SSSR count). The van der Waals surface area contributed by atoms with Crippen molar-refractivity contribution in [3.05, 3.63) is 0 Å². The number of carbonyl (C=O) groups is 7. The van der Waals surface area contributed by atoms with Crippen LogP contribution in [0.25, 0.3) is 0 Å². The third-order valence-electron chi connectivity index (χ3n) is 6.32. The first-order chi connectivity index (χ1) is 19.5. The molecule has 14 nitrogen and oxygen atoms in total. The van der Waals surface area contributed by atoms with Gasteiger partial charge in [-0.05, 0) is 6.26 Å². The number of rotatable bonds is 21. The van der Waals surface area contributed by atoms with Crippen molar-refractivity contribution < 1.29 is 33.6 Å². The fraction of sp³-hybridized carbons (Fsp3) is 0.731. The first-order valence-corrected chi connectivity index (χ1v) is 15.1. The van der Waals surface area contributed by atoms with Crippen LogP contribution in [-0.2, 0) is 33.6 Å². The smallest absolute Gasteiger partial charge is 0.224 e. The summed E-state index contributed by atoms with van der Waals surface area (Å²) in [7, 11) is 5.99. The summed E-state index contributed by atoms with van der Waals surface area (Å²) in [6, 6.07) is 0. The summed E-state index contributed by atoms with van der Waals surface area (Å²) in [6.45, 7) is 0.624. The van der Waals surface area contributed by atoms with Gasteiger partial charge in [0.25, 0.3) is 0 Å². The lowest BCUT2D eigenvalue weighted by atomic mass is 10.2. The predicted molar refractivity (Wildman–Crippen MR) is 157 cm³/mol. The van der Waals surface area contributed by atoms with Crippen LogP contribution in [0.5, 0.6) is 0 Å². The molecule has 0 aromatic carbocycles. The maximum Gasteiger partial charge on any atom is 0.224 e. The van der Waals surface area contributed by atoms with E-state index in [0.717, 1.165) is 0 Å². The lowest BCUT2D eigenvalue weighted by molar-refractivity contribution is -0.135. The second-order valence-corrected chi connectivity index (χ2v) is 10.1. The number of thioether (sulfide) groups is 1. The summed E-state index contributed by atoms with van der Waals surface area (Å²) in [5.74, 6) is -1.23. The highest BCUT2D eigenvalue weighted by Gasteiger charge is 2.22. The van der Waals surface area contributed by atoms with Gasteiger partial charge in [-0.25, -0.2) is 0 Å². The van der Waals surface area contributed by atoms with Crippen molar-refractivity contribution in [3.63, 3.8) is 0 Å². The average Bonchev–Trinajstić information content (AvgIpc) is 2.98. The maximum atomic E-state index is 13.1. The summed E-state index contributed by atoms with van der Waals surface area (Å²) in [4.78, 5) is 90.3. The minimum absolute atomic E-state index is 0.0439. The fourth-order valence-electron chi connectivity index (χ4n) is 3.65. The Morgan fingerprint density at radius 2 is 0.683 bits per heavy atom. The van der Waals surface area contributed by atoms with Crippen molar-refractivity contribution >= 4 is 53.1 Å². The van der Waals surface area contributed by atoms with Crippen LogP contribution < -0.4 is 21.3 Å². The summed E-state index contributed by atoms with van der Waals surface area (Å²) < 4.78 is 0. The van der Waals surface area contributed by atoms with Crippen LogP contribution in [0.1, 0.15) is 44.9 Å². The van der Waals surface area contributed by atoms with E-state index >= 15 is 0 Å². The molecule has 0 saturated heterocycles. The number of hydrogen-bond donors (Lipinski definition) is 4. The van der Waals surface area contributed by atoms with Crippen molar-refractivity contribution in [2.75, 3.05) is 79.5 Å². The molecule has 4 N–H and O–H groups in total. The van der Waals surface area contributed by atoms with E-state index in [9.17, 15) is 33.6 Å². The minimum atomic E-state index is -0.315. The summed E-state index contributed by atoms with van der Waals surface area (Å²) in [6.07, 6.45) is 2.31. The fourth-order valence-corrected chi connectivity index (χ4v) is 4.03. The Kier molecular flexibility index (Phi) is 20.5. The van der Waals surface area contributed by atoms with Gasteiger partial charge in [-0.3, -0.25) is 33.6 Å². The van der Waals surface area contributed by atoms with Gasteiger partial charge >= 0.3 is 0 Å². The second kappa shape index (κ2) is 22.3. The normalized spacial score (nSPS) is 10.3. The highest BCUT2D eigenvalue weighted by atomic mass is 32.2. The van der Waals surface area contributed by atoms with Gasteiger partial charge in [-0.15, -0.1) is 0 Å². The van der Waals surface area contributed by atoms with Gasteiger partial charge in [0.1, 0.15) is 0 Å². The number of hydrogen-bond acceptors (Lipinski definition) is 8. The second-order valence-electron chi connectivity index (χ2n) is 9.08. The molecule has 0 aromatic rings. The summed E-state index contributed by atoms with van der Waals surface area (Å²) in [5, 5.41) is 10.0. The zero-order valence-electron chi connectivity index (χ0n) is 25.0. The van der Waals surface area contributed by atoms with Crippen molar-refractivity contribution in [2.24, 2.45) is 0 Å². The number of carbonyl (C=O) groups excluding carboxylic acids is 7. The molecular formula is C26H47N7O7S. The van der Waals surface area contributed by atoms with E-state index in [0.29, 0.717) is 5.75 Å². The van der Waals surface area contributed by atoms with E-state index in [1.54, 1.807) is 0 Å². The van der Waals surface area contributed by atoms with Crippen LogP contribution in [0.15, 0.2) is 0 Å². The zero-order chi connectivity index (χ0) is 31.2.